The van der Waals surface area contributed by atoms with Gasteiger partial charge in [-0.2, -0.15) is 5.10 Å². The highest BCUT2D eigenvalue weighted by Crippen LogP contribution is 2.11. The van der Waals surface area contributed by atoms with Gasteiger partial charge in [0.15, 0.2) is 0 Å². The van der Waals surface area contributed by atoms with E-state index in [0.29, 0.717) is 16.9 Å². The van der Waals surface area contributed by atoms with Gasteiger partial charge in [0.05, 0.1) is 11.8 Å². The number of hydrogen-bond acceptors (Lipinski definition) is 4. The van der Waals surface area contributed by atoms with Crippen LogP contribution in [0.4, 0.5) is 5.69 Å². The Morgan fingerprint density at radius 3 is 2.72 bits per heavy atom. The highest BCUT2D eigenvalue weighted by Gasteiger charge is 2.17. The van der Waals surface area contributed by atoms with Crippen LogP contribution in [-0.4, -0.2) is 26.5 Å². The molecule has 0 bridgehead atoms. The minimum Gasteiger partial charge on any atom is -0.319 e. The van der Waals surface area contributed by atoms with Gasteiger partial charge in [0.25, 0.3) is 11.7 Å². The molecule has 6 heteroatoms. The van der Waals surface area contributed by atoms with E-state index in [4.69, 9.17) is 0 Å². The second-order valence-corrected chi connectivity index (χ2v) is 5.23. The fraction of sp³-hybridized carbons (Fsp3) is 0.0526. The van der Waals surface area contributed by atoms with Crippen LogP contribution in [0.15, 0.2) is 61.1 Å². The maximum atomic E-state index is 12.1. The summed E-state index contributed by atoms with van der Waals surface area (Å²) < 4.78 is 1.47. The molecule has 0 radical (unpaired) electrons. The maximum Gasteiger partial charge on any atom is 0.296 e. The number of anilines is 1. The third-order valence-corrected chi connectivity index (χ3v) is 3.29. The van der Waals surface area contributed by atoms with Crippen molar-refractivity contribution >= 4 is 17.4 Å². The van der Waals surface area contributed by atoms with Crippen molar-refractivity contribution < 1.29 is 9.59 Å². The van der Waals surface area contributed by atoms with E-state index in [9.17, 15) is 9.59 Å². The van der Waals surface area contributed by atoms with Crippen molar-refractivity contribution in [2.24, 2.45) is 7.05 Å². The lowest BCUT2D eigenvalue weighted by molar-refractivity contribution is -0.112. The van der Waals surface area contributed by atoms with E-state index in [1.165, 1.54) is 17.1 Å². The molecule has 3 aromatic rings. The molecule has 3 rings (SSSR count). The van der Waals surface area contributed by atoms with E-state index in [1.807, 2.05) is 24.3 Å². The van der Waals surface area contributed by atoms with Gasteiger partial charge in [-0.15, -0.1) is 0 Å². The lowest BCUT2D eigenvalue weighted by Crippen LogP contribution is -2.22. The number of amides is 1. The van der Waals surface area contributed by atoms with Gasteiger partial charge in [0, 0.05) is 30.7 Å². The number of Topliss-reactive ketones (excluding diaryl/α,β-unsaturated/α-hetero) is 1. The number of rotatable bonds is 3. The van der Waals surface area contributed by atoms with Crippen LogP contribution in [0.5, 0.6) is 0 Å². The molecule has 2 heterocycles. The van der Waals surface area contributed by atoms with Crippen LogP contribution >= 0.6 is 0 Å². The predicted octanol–water partition coefficient (Wildman–Crippen LogP) is 2.04. The summed E-state index contributed by atoms with van der Waals surface area (Å²) in [6.07, 6.45) is 4.53. The summed E-state index contributed by atoms with van der Waals surface area (Å²) in [4.78, 5) is 28.3. The Bertz CT molecular complexity index is 981. The molecule has 0 saturated carbocycles. The lowest BCUT2D eigenvalue weighted by Gasteiger charge is -2.03. The van der Waals surface area contributed by atoms with Gasteiger partial charge in [-0.25, -0.2) is 4.98 Å². The third-order valence-electron chi connectivity index (χ3n) is 3.29. The molecule has 122 valence electrons. The summed E-state index contributed by atoms with van der Waals surface area (Å²) in [6, 6.07) is 12.5. The smallest absolute Gasteiger partial charge is 0.296 e. The number of nitrogens with one attached hydrogen (secondary N) is 1. The Balaban J connectivity index is 1.72. The minimum atomic E-state index is -0.720. The largest absolute Gasteiger partial charge is 0.319 e. The van der Waals surface area contributed by atoms with Crippen LogP contribution < -0.4 is 5.32 Å². The molecule has 0 unspecified atom stereocenters. The average Bonchev–Trinajstić information content (AvgIpc) is 3.07. The molecular formula is C19H14N4O2. The number of benzene rings is 1. The first-order valence-electron chi connectivity index (χ1n) is 7.49. The molecule has 0 spiro atoms. The molecule has 0 fully saturated rings. The van der Waals surface area contributed by atoms with Gasteiger partial charge in [0.2, 0.25) is 0 Å². The first-order chi connectivity index (χ1) is 12.1. The predicted molar refractivity (Wildman–Crippen MR) is 92.8 cm³/mol. The summed E-state index contributed by atoms with van der Waals surface area (Å²) in [5.74, 6) is 4.56. The molecule has 0 aliphatic heterocycles. The summed E-state index contributed by atoms with van der Waals surface area (Å²) in [6.45, 7) is 0. The van der Waals surface area contributed by atoms with Crippen molar-refractivity contribution in [3.63, 3.8) is 0 Å². The molecule has 1 aromatic carbocycles. The Hall–Kier alpha value is -3.72. The molecule has 2 aromatic heterocycles. The van der Waals surface area contributed by atoms with E-state index >= 15 is 0 Å². The second-order valence-electron chi connectivity index (χ2n) is 5.23. The molecule has 0 atom stereocenters. The van der Waals surface area contributed by atoms with E-state index in [2.05, 4.69) is 27.2 Å². The average molecular weight is 330 g/mol. The molecule has 25 heavy (non-hydrogen) atoms. The Morgan fingerprint density at radius 2 is 2.00 bits per heavy atom. The van der Waals surface area contributed by atoms with Gasteiger partial charge >= 0.3 is 0 Å². The summed E-state index contributed by atoms with van der Waals surface area (Å²) in [5, 5.41) is 6.47. The Labute approximate surface area is 144 Å². The van der Waals surface area contributed by atoms with Crippen molar-refractivity contribution in [1.29, 1.82) is 0 Å². The van der Waals surface area contributed by atoms with Crippen LogP contribution in [-0.2, 0) is 11.8 Å². The number of aromatic nitrogens is 3. The zero-order valence-electron chi connectivity index (χ0n) is 13.4. The number of aryl methyl sites for hydroxylation is 1. The third kappa shape index (κ3) is 4.18. The molecule has 0 saturated heterocycles. The minimum absolute atomic E-state index is 0.242. The Kier molecular flexibility index (Phi) is 4.67. The van der Waals surface area contributed by atoms with Crippen molar-refractivity contribution in [3.8, 4) is 11.8 Å². The van der Waals surface area contributed by atoms with E-state index in [-0.39, 0.29) is 5.56 Å². The van der Waals surface area contributed by atoms with E-state index < -0.39 is 11.7 Å². The van der Waals surface area contributed by atoms with Gasteiger partial charge in [-0.1, -0.05) is 18.1 Å². The fourth-order valence-corrected chi connectivity index (χ4v) is 2.11. The first kappa shape index (κ1) is 16.1. The lowest BCUT2D eigenvalue weighted by atomic mass is 10.1. The number of carbonyl (C=O) groups excluding carboxylic acids is 2. The number of nitrogens with zero attached hydrogens (tertiary/aromatic N) is 3. The quantitative estimate of drug-likeness (QED) is 0.453. The highest BCUT2D eigenvalue weighted by molar-refractivity contribution is 6.46. The fourth-order valence-electron chi connectivity index (χ4n) is 2.11. The SMILES string of the molecule is Cn1cc(C(=O)C(=O)Nc2cccc(C#Cc3ccccn3)c2)cn1. The second kappa shape index (κ2) is 7.23. The van der Waals surface area contributed by atoms with Crippen molar-refractivity contribution in [3.05, 3.63) is 77.9 Å². The maximum absolute atomic E-state index is 12.1. The van der Waals surface area contributed by atoms with E-state index in [1.54, 1.807) is 31.4 Å². The highest BCUT2D eigenvalue weighted by atomic mass is 16.2. The zero-order valence-corrected chi connectivity index (χ0v) is 13.4. The summed E-state index contributed by atoms with van der Waals surface area (Å²) in [5.41, 5.74) is 2.10. The number of pyridine rings is 1. The molecule has 1 N–H and O–H groups in total. The van der Waals surface area contributed by atoms with Crippen LogP contribution in [0.2, 0.25) is 0 Å². The van der Waals surface area contributed by atoms with Crippen LogP contribution in [0.3, 0.4) is 0 Å². The number of carbonyl (C=O) groups is 2. The summed E-state index contributed by atoms with van der Waals surface area (Å²) >= 11 is 0. The van der Waals surface area contributed by atoms with Crippen molar-refractivity contribution in [1.82, 2.24) is 14.8 Å². The Morgan fingerprint density at radius 1 is 1.12 bits per heavy atom. The van der Waals surface area contributed by atoms with Crippen molar-refractivity contribution in [2.45, 2.75) is 0 Å². The van der Waals surface area contributed by atoms with Gasteiger partial charge in [-0.05, 0) is 36.3 Å². The van der Waals surface area contributed by atoms with Crippen LogP contribution in [0.25, 0.3) is 0 Å². The monoisotopic (exact) mass is 330 g/mol. The molecule has 0 aliphatic carbocycles. The zero-order chi connectivity index (χ0) is 17.6. The van der Waals surface area contributed by atoms with Crippen molar-refractivity contribution in [2.75, 3.05) is 5.32 Å². The molecule has 1 amide bonds. The van der Waals surface area contributed by atoms with Crippen LogP contribution in [0, 0.1) is 11.8 Å². The number of ketones is 1. The standard InChI is InChI=1S/C19H14N4O2/c1-23-13-15(12-21-23)18(24)19(25)22-17-7-4-5-14(11-17)8-9-16-6-2-3-10-20-16/h2-7,10-13H,1H3,(H,22,25). The normalized spacial score (nSPS) is 9.80. The summed E-state index contributed by atoms with van der Waals surface area (Å²) in [7, 11) is 1.68. The van der Waals surface area contributed by atoms with Gasteiger partial charge < -0.3 is 5.32 Å². The van der Waals surface area contributed by atoms with Gasteiger partial charge in [-0.3, -0.25) is 14.3 Å². The topological polar surface area (TPSA) is 76.9 Å². The molecule has 0 aliphatic rings. The molecular weight excluding hydrogens is 316 g/mol. The van der Waals surface area contributed by atoms with E-state index in [0.717, 1.165) is 0 Å². The van der Waals surface area contributed by atoms with Crippen LogP contribution in [0.1, 0.15) is 21.6 Å². The molecule has 6 nitrogen and oxygen atoms in total. The number of hydrogen-bond donors (Lipinski definition) is 1. The van der Waals surface area contributed by atoms with Gasteiger partial charge in [0.1, 0.15) is 5.69 Å². The first-order valence-corrected chi connectivity index (χ1v) is 7.49.